The highest BCUT2D eigenvalue weighted by Crippen LogP contribution is 2.09. The lowest BCUT2D eigenvalue weighted by molar-refractivity contribution is 0.229. The van der Waals surface area contributed by atoms with Crippen molar-refractivity contribution in [2.24, 2.45) is 5.92 Å². The zero-order valence-corrected chi connectivity index (χ0v) is 11.5. The molecule has 0 aliphatic rings. The Kier molecular flexibility index (Phi) is 7.36. The van der Waals surface area contributed by atoms with Crippen molar-refractivity contribution >= 4 is 17.4 Å². The SMILES string of the molecule is CCCC(CCO)CNC(=O)NCc1cscn1. The van der Waals surface area contributed by atoms with Crippen molar-refractivity contribution in [3.05, 3.63) is 16.6 Å². The summed E-state index contributed by atoms with van der Waals surface area (Å²) in [7, 11) is 0. The number of hydrogen-bond acceptors (Lipinski definition) is 4. The predicted octanol–water partition coefficient (Wildman–Crippen LogP) is 1.74. The molecule has 6 heteroatoms. The van der Waals surface area contributed by atoms with Gasteiger partial charge in [-0.15, -0.1) is 11.3 Å². The largest absolute Gasteiger partial charge is 0.396 e. The smallest absolute Gasteiger partial charge is 0.315 e. The summed E-state index contributed by atoms with van der Waals surface area (Å²) in [6, 6.07) is -0.179. The number of amides is 2. The molecule has 1 aromatic rings. The normalized spacial score (nSPS) is 12.1. The third-order valence-corrected chi connectivity index (χ3v) is 3.33. The van der Waals surface area contributed by atoms with Crippen LogP contribution in [0.1, 0.15) is 31.9 Å². The Hall–Kier alpha value is -1.14. The second-order valence-electron chi connectivity index (χ2n) is 4.21. The zero-order chi connectivity index (χ0) is 13.2. The van der Waals surface area contributed by atoms with E-state index in [2.05, 4.69) is 22.5 Å². The van der Waals surface area contributed by atoms with E-state index in [0.717, 1.165) is 25.0 Å². The van der Waals surface area contributed by atoms with Gasteiger partial charge in [0.15, 0.2) is 0 Å². The summed E-state index contributed by atoms with van der Waals surface area (Å²) in [5.41, 5.74) is 2.61. The summed E-state index contributed by atoms with van der Waals surface area (Å²) in [6.07, 6.45) is 2.82. The lowest BCUT2D eigenvalue weighted by Crippen LogP contribution is -2.38. The second-order valence-corrected chi connectivity index (χ2v) is 4.93. The van der Waals surface area contributed by atoms with Gasteiger partial charge in [-0.3, -0.25) is 0 Å². The summed E-state index contributed by atoms with van der Waals surface area (Å²) in [6.45, 7) is 3.34. The Morgan fingerprint density at radius 2 is 2.33 bits per heavy atom. The topological polar surface area (TPSA) is 74.2 Å². The number of hydrogen-bond donors (Lipinski definition) is 3. The lowest BCUT2D eigenvalue weighted by Gasteiger charge is -2.15. The first kappa shape index (κ1) is 14.9. The number of aliphatic hydroxyl groups is 1. The molecular formula is C12H21N3O2S. The van der Waals surface area contributed by atoms with Gasteiger partial charge in [-0.05, 0) is 18.8 Å². The van der Waals surface area contributed by atoms with E-state index in [0.29, 0.717) is 19.0 Å². The summed E-state index contributed by atoms with van der Waals surface area (Å²) in [5, 5.41) is 16.4. The van der Waals surface area contributed by atoms with Gasteiger partial charge in [0.05, 0.1) is 17.7 Å². The second kappa shape index (κ2) is 8.88. The van der Waals surface area contributed by atoms with Crippen LogP contribution in [0.4, 0.5) is 4.79 Å². The summed E-state index contributed by atoms with van der Waals surface area (Å²) < 4.78 is 0. The first-order chi connectivity index (χ1) is 8.76. The Morgan fingerprint density at radius 3 is 2.94 bits per heavy atom. The van der Waals surface area contributed by atoms with Crippen LogP contribution in [0.2, 0.25) is 0 Å². The van der Waals surface area contributed by atoms with Crippen molar-refractivity contribution in [3.63, 3.8) is 0 Å². The summed E-state index contributed by atoms with van der Waals surface area (Å²) in [4.78, 5) is 15.6. The molecule has 0 spiro atoms. The highest BCUT2D eigenvalue weighted by molar-refractivity contribution is 7.07. The molecule has 1 aromatic heterocycles. The molecule has 0 fully saturated rings. The number of nitrogens with zero attached hydrogens (tertiary/aromatic N) is 1. The molecule has 0 saturated carbocycles. The van der Waals surface area contributed by atoms with Crippen LogP contribution in [0.15, 0.2) is 10.9 Å². The average Bonchev–Trinajstić information content (AvgIpc) is 2.87. The maximum atomic E-state index is 11.5. The molecule has 18 heavy (non-hydrogen) atoms. The fourth-order valence-corrected chi connectivity index (χ4v) is 2.29. The average molecular weight is 271 g/mol. The maximum absolute atomic E-state index is 11.5. The van der Waals surface area contributed by atoms with Crippen LogP contribution in [0.25, 0.3) is 0 Å². The first-order valence-corrected chi connectivity index (χ1v) is 7.20. The van der Waals surface area contributed by atoms with Crippen molar-refractivity contribution in [1.82, 2.24) is 15.6 Å². The Labute approximate surface area is 112 Å². The molecule has 102 valence electrons. The van der Waals surface area contributed by atoms with Crippen LogP contribution >= 0.6 is 11.3 Å². The third kappa shape index (κ3) is 5.97. The molecule has 1 unspecified atom stereocenters. The molecule has 5 nitrogen and oxygen atoms in total. The van der Waals surface area contributed by atoms with Crippen LogP contribution in [-0.4, -0.2) is 29.3 Å². The minimum absolute atomic E-state index is 0.173. The number of carbonyl (C=O) groups is 1. The summed E-state index contributed by atoms with van der Waals surface area (Å²) >= 11 is 1.51. The van der Waals surface area contributed by atoms with Gasteiger partial charge >= 0.3 is 6.03 Å². The lowest BCUT2D eigenvalue weighted by atomic mass is 10.0. The van der Waals surface area contributed by atoms with Crippen LogP contribution in [0.3, 0.4) is 0 Å². The number of urea groups is 1. The van der Waals surface area contributed by atoms with Crippen molar-refractivity contribution in [2.75, 3.05) is 13.2 Å². The molecule has 1 rings (SSSR count). The molecule has 0 aliphatic heterocycles. The molecule has 0 saturated heterocycles. The molecule has 0 aromatic carbocycles. The van der Waals surface area contributed by atoms with Crippen molar-refractivity contribution in [1.29, 1.82) is 0 Å². The molecule has 0 bridgehead atoms. The van der Waals surface area contributed by atoms with Crippen molar-refractivity contribution in [2.45, 2.75) is 32.7 Å². The van der Waals surface area contributed by atoms with Gasteiger partial charge in [0.1, 0.15) is 0 Å². The quantitative estimate of drug-likeness (QED) is 0.674. The van der Waals surface area contributed by atoms with Gasteiger partial charge in [-0.25, -0.2) is 9.78 Å². The van der Waals surface area contributed by atoms with Gasteiger partial charge < -0.3 is 15.7 Å². The van der Waals surface area contributed by atoms with Gasteiger partial charge in [-0.1, -0.05) is 13.3 Å². The van der Waals surface area contributed by atoms with E-state index in [9.17, 15) is 4.79 Å². The van der Waals surface area contributed by atoms with E-state index >= 15 is 0 Å². The molecular weight excluding hydrogens is 250 g/mol. The van der Waals surface area contributed by atoms with Crippen LogP contribution in [0.5, 0.6) is 0 Å². The van der Waals surface area contributed by atoms with Crippen LogP contribution in [-0.2, 0) is 6.54 Å². The first-order valence-electron chi connectivity index (χ1n) is 6.25. The van der Waals surface area contributed by atoms with E-state index in [1.165, 1.54) is 11.3 Å². The number of rotatable bonds is 8. The molecule has 0 aliphatic carbocycles. The fraction of sp³-hybridized carbons (Fsp3) is 0.667. The number of carbonyl (C=O) groups excluding carboxylic acids is 1. The van der Waals surface area contributed by atoms with Crippen molar-refractivity contribution in [3.8, 4) is 0 Å². The van der Waals surface area contributed by atoms with Gasteiger partial charge in [0, 0.05) is 18.5 Å². The highest BCUT2D eigenvalue weighted by Gasteiger charge is 2.09. The Morgan fingerprint density at radius 1 is 1.50 bits per heavy atom. The Balaban J connectivity index is 2.18. The minimum Gasteiger partial charge on any atom is -0.396 e. The van der Waals surface area contributed by atoms with Gasteiger partial charge in [0.25, 0.3) is 0 Å². The zero-order valence-electron chi connectivity index (χ0n) is 10.7. The fourth-order valence-electron chi connectivity index (χ4n) is 1.73. The molecule has 1 atom stereocenters. The minimum atomic E-state index is -0.179. The van der Waals surface area contributed by atoms with E-state index in [1.807, 2.05) is 5.38 Å². The van der Waals surface area contributed by atoms with Crippen LogP contribution < -0.4 is 10.6 Å². The number of thiazole rings is 1. The maximum Gasteiger partial charge on any atom is 0.315 e. The van der Waals surface area contributed by atoms with Gasteiger partial charge in [-0.2, -0.15) is 0 Å². The van der Waals surface area contributed by atoms with E-state index in [4.69, 9.17) is 5.11 Å². The van der Waals surface area contributed by atoms with E-state index < -0.39 is 0 Å². The molecule has 1 heterocycles. The number of nitrogens with one attached hydrogen (secondary N) is 2. The Bertz CT molecular complexity index is 324. The number of aliphatic hydroxyl groups excluding tert-OH is 1. The van der Waals surface area contributed by atoms with E-state index in [-0.39, 0.29) is 12.6 Å². The van der Waals surface area contributed by atoms with Crippen LogP contribution in [0, 0.1) is 5.92 Å². The molecule has 0 radical (unpaired) electrons. The molecule has 2 amide bonds. The monoisotopic (exact) mass is 271 g/mol. The summed E-state index contributed by atoms with van der Waals surface area (Å²) in [5.74, 6) is 0.352. The van der Waals surface area contributed by atoms with Gasteiger partial charge in [0.2, 0.25) is 0 Å². The molecule has 3 N–H and O–H groups in total. The van der Waals surface area contributed by atoms with E-state index in [1.54, 1.807) is 5.51 Å². The third-order valence-electron chi connectivity index (χ3n) is 2.70. The predicted molar refractivity (Wildman–Crippen MR) is 72.5 cm³/mol. The van der Waals surface area contributed by atoms with Crippen molar-refractivity contribution < 1.29 is 9.90 Å². The number of aromatic nitrogens is 1. The highest BCUT2D eigenvalue weighted by atomic mass is 32.1. The standard InChI is InChI=1S/C12H21N3O2S/c1-2-3-10(4-5-16)6-13-12(17)14-7-11-8-18-9-15-11/h8-10,16H,2-7H2,1H3,(H2,13,14,17).